The molecule has 0 aliphatic carbocycles. The molecule has 2 amide bonds. The summed E-state index contributed by atoms with van der Waals surface area (Å²) in [7, 11) is 0. The number of nitrogens with zero attached hydrogens (tertiary/aromatic N) is 1. The van der Waals surface area contributed by atoms with E-state index in [-0.39, 0.29) is 23.1 Å². The van der Waals surface area contributed by atoms with Gasteiger partial charge in [-0.05, 0) is 73.2 Å². The molecule has 3 aromatic carbocycles. The predicted octanol–water partition coefficient (Wildman–Crippen LogP) is 6.17. The molecule has 0 atom stereocenters. The van der Waals surface area contributed by atoms with Gasteiger partial charge >= 0.3 is 5.91 Å². The lowest BCUT2D eigenvalue weighted by molar-refractivity contribution is -0.118. The van der Waals surface area contributed by atoms with Gasteiger partial charge in [0, 0.05) is 15.5 Å². The highest BCUT2D eigenvalue weighted by Gasteiger charge is 2.15. The number of hydrogen-bond acceptors (Lipinski definition) is 6. The first-order valence-corrected chi connectivity index (χ1v) is 12.2. The zero-order valence-electron chi connectivity index (χ0n) is 19.4. The van der Waals surface area contributed by atoms with Crippen molar-refractivity contribution in [2.75, 3.05) is 18.5 Å². The first kappa shape index (κ1) is 26.2. The van der Waals surface area contributed by atoms with Gasteiger partial charge in [0.2, 0.25) is 0 Å². The second-order valence-electron chi connectivity index (χ2n) is 7.60. The second kappa shape index (κ2) is 11.9. The van der Waals surface area contributed by atoms with Crippen LogP contribution in [0.3, 0.4) is 0 Å². The summed E-state index contributed by atoms with van der Waals surface area (Å²) in [6, 6.07) is 15.5. The predicted molar refractivity (Wildman–Crippen MR) is 142 cm³/mol. The number of carbonyl (C=O) groups is 2. The van der Waals surface area contributed by atoms with Crippen LogP contribution < -0.4 is 20.2 Å². The fraction of sp³-hybridized carbons (Fsp3) is 0.115. The number of amides is 2. The maximum atomic E-state index is 13.0. The summed E-state index contributed by atoms with van der Waals surface area (Å²) in [4.78, 5) is 24.6. The molecule has 8 nitrogen and oxygen atoms in total. The van der Waals surface area contributed by atoms with Gasteiger partial charge in [0.25, 0.3) is 5.91 Å². The van der Waals surface area contributed by atoms with E-state index in [1.807, 2.05) is 12.1 Å². The molecule has 0 saturated carbocycles. The molecule has 1 aromatic heterocycles. The van der Waals surface area contributed by atoms with Crippen molar-refractivity contribution in [3.63, 3.8) is 0 Å². The molecule has 11 heteroatoms. The maximum absolute atomic E-state index is 13.0. The number of benzene rings is 3. The van der Waals surface area contributed by atoms with Crippen LogP contribution in [0.4, 0.5) is 10.1 Å². The van der Waals surface area contributed by atoms with Crippen molar-refractivity contribution in [1.82, 2.24) is 5.43 Å². The lowest BCUT2D eigenvalue weighted by Crippen LogP contribution is -2.20. The zero-order chi connectivity index (χ0) is 26.4. The molecular formula is C26H20BrClFN3O5. The van der Waals surface area contributed by atoms with Gasteiger partial charge in [-0.3, -0.25) is 9.59 Å². The van der Waals surface area contributed by atoms with Crippen LogP contribution in [0.1, 0.15) is 23.0 Å². The molecule has 1 heterocycles. The summed E-state index contributed by atoms with van der Waals surface area (Å²) < 4.78 is 30.7. The SMILES string of the molecule is CCOc1cc(/C=N/NC(=O)c2cc3cc(Br)ccc3o2)cc(Cl)c1OCC(=O)Nc1ccc(F)cc1. The van der Waals surface area contributed by atoms with Crippen LogP contribution in [0.15, 0.2) is 74.7 Å². The summed E-state index contributed by atoms with van der Waals surface area (Å²) >= 11 is 9.76. The van der Waals surface area contributed by atoms with E-state index in [0.29, 0.717) is 29.2 Å². The highest BCUT2D eigenvalue weighted by atomic mass is 79.9. The highest BCUT2D eigenvalue weighted by molar-refractivity contribution is 9.10. The van der Waals surface area contributed by atoms with Crippen LogP contribution in [-0.4, -0.2) is 31.2 Å². The number of hydrogen-bond donors (Lipinski definition) is 2. The number of hydrazone groups is 1. The maximum Gasteiger partial charge on any atom is 0.307 e. The molecule has 0 spiro atoms. The van der Waals surface area contributed by atoms with Crippen LogP contribution in [-0.2, 0) is 4.79 Å². The topological polar surface area (TPSA) is 102 Å². The fourth-order valence-electron chi connectivity index (χ4n) is 3.28. The average molecular weight is 589 g/mol. The van der Waals surface area contributed by atoms with Crippen LogP contribution in [0, 0.1) is 5.82 Å². The summed E-state index contributed by atoms with van der Waals surface area (Å²) in [5, 5.41) is 7.52. The standard InChI is InChI=1S/C26H20BrClFN3O5/c1-2-35-22-10-15(13-30-32-26(34)23-12-16-11-17(27)3-8-21(16)37-23)9-20(28)25(22)36-14-24(33)31-19-6-4-18(29)5-7-19/h3-13H,2,14H2,1H3,(H,31,33)(H,32,34)/b30-13+. The number of ether oxygens (including phenoxy) is 2. The molecule has 0 fully saturated rings. The van der Waals surface area contributed by atoms with E-state index in [1.165, 1.54) is 30.5 Å². The third kappa shape index (κ3) is 6.87. The Morgan fingerprint density at radius 3 is 2.65 bits per heavy atom. The molecule has 0 aliphatic heterocycles. The Hall–Kier alpha value is -3.89. The minimum absolute atomic E-state index is 0.112. The minimum atomic E-state index is -0.521. The lowest BCUT2D eigenvalue weighted by Gasteiger charge is -2.14. The molecule has 2 N–H and O–H groups in total. The third-order valence-electron chi connectivity index (χ3n) is 4.89. The van der Waals surface area contributed by atoms with E-state index < -0.39 is 17.6 Å². The van der Waals surface area contributed by atoms with Gasteiger partial charge in [0.15, 0.2) is 23.9 Å². The minimum Gasteiger partial charge on any atom is -0.490 e. The van der Waals surface area contributed by atoms with Gasteiger partial charge in [-0.1, -0.05) is 27.5 Å². The lowest BCUT2D eigenvalue weighted by atomic mass is 10.2. The van der Waals surface area contributed by atoms with Gasteiger partial charge in [-0.25, -0.2) is 9.82 Å². The van der Waals surface area contributed by atoms with Crippen molar-refractivity contribution >= 4 is 62.2 Å². The van der Waals surface area contributed by atoms with Gasteiger partial charge in [-0.2, -0.15) is 5.10 Å². The summed E-state index contributed by atoms with van der Waals surface area (Å²) in [6.45, 7) is 1.74. The van der Waals surface area contributed by atoms with E-state index in [1.54, 1.807) is 31.2 Å². The highest BCUT2D eigenvalue weighted by Crippen LogP contribution is 2.36. The van der Waals surface area contributed by atoms with E-state index in [0.717, 1.165) is 9.86 Å². The van der Waals surface area contributed by atoms with Crippen molar-refractivity contribution in [3.8, 4) is 11.5 Å². The number of carbonyl (C=O) groups excluding carboxylic acids is 2. The van der Waals surface area contributed by atoms with Crippen molar-refractivity contribution in [1.29, 1.82) is 0 Å². The van der Waals surface area contributed by atoms with E-state index in [2.05, 4.69) is 31.8 Å². The number of nitrogens with one attached hydrogen (secondary N) is 2. The summed E-state index contributed by atoms with van der Waals surface area (Å²) in [5.74, 6) is -0.815. The van der Waals surface area contributed by atoms with Crippen LogP contribution in [0.25, 0.3) is 11.0 Å². The molecule has 0 unspecified atom stereocenters. The normalized spacial score (nSPS) is 11.0. The van der Waals surface area contributed by atoms with Gasteiger partial charge in [0.1, 0.15) is 11.4 Å². The van der Waals surface area contributed by atoms with E-state index in [9.17, 15) is 14.0 Å². The fourth-order valence-corrected chi connectivity index (χ4v) is 3.93. The first-order chi connectivity index (χ1) is 17.8. The molecular weight excluding hydrogens is 569 g/mol. The van der Waals surface area contributed by atoms with Gasteiger partial charge in [-0.15, -0.1) is 0 Å². The van der Waals surface area contributed by atoms with Crippen molar-refractivity contribution in [3.05, 3.63) is 87.3 Å². The quantitative estimate of drug-likeness (QED) is 0.180. The molecule has 0 saturated heterocycles. The number of fused-ring (bicyclic) bond motifs is 1. The zero-order valence-corrected chi connectivity index (χ0v) is 21.7. The van der Waals surface area contributed by atoms with E-state index >= 15 is 0 Å². The van der Waals surface area contributed by atoms with Crippen LogP contribution >= 0.6 is 27.5 Å². The van der Waals surface area contributed by atoms with Gasteiger partial charge < -0.3 is 19.2 Å². The Kier molecular flexibility index (Phi) is 8.42. The van der Waals surface area contributed by atoms with Crippen LogP contribution in [0.5, 0.6) is 11.5 Å². The molecule has 0 radical (unpaired) electrons. The smallest absolute Gasteiger partial charge is 0.307 e. The van der Waals surface area contributed by atoms with Gasteiger partial charge in [0.05, 0.1) is 17.8 Å². The molecule has 0 bridgehead atoms. The Morgan fingerprint density at radius 1 is 1.11 bits per heavy atom. The van der Waals surface area contributed by atoms with Crippen LogP contribution in [0.2, 0.25) is 5.02 Å². The first-order valence-electron chi connectivity index (χ1n) is 11.0. The average Bonchev–Trinajstić information content (AvgIpc) is 3.28. The summed E-state index contributed by atoms with van der Waals surface area (Å²) in [5.41, 5.74) is 3.93. The van der Waals surface area contributed by atoms with Crippen molar-refractivity contribution in [2.24, 2.45) is 5.10 Å². The molecule has 4 rings (SSSR count). The third-order valence-corrected chi connectivity index (χ3v) is 5.66. The number of furan rings is 1. The monoisotopic (exact) mass is 587 g/mol. The number of anilines is 1. The Balaban J connectivity index is 1.41. The molecule has 0 aliphatic rings. The Morgan fingerprint density at radius 2 is 1.89 bits per heavy atom. The van der Waals surface area contributed by atoms with Crippen molar-refractivity contribution in [2.45, 2.75) is 6.92 Å². The summed E-state index contributed by atoms with van der Waals surface area (Å²) in [6.07, 6.45) is 1.39. The Labute approximate surface area is 224 Å². The van der Waals surface area contributed by atoms with Crippen molar-refractivity contribution < 1.29 is 27.9 Å². The largest absolute Gasteiger partial charge is 0.490 e. The second-order valence-corrected chi connectivity index (χ2v) is 8.92. The number of rotatable bonds is 9. The number of halogens is 3. The molecule has 190 valence electrons. The molecule has 37 heavy (non-hydrogen) atoms. The van der Waals surface area contributed by atoms with E-state index in [4.69, 9.17) is 25.5 Å². The molecule has 4 aromatic rings. The Bertz CT molecular complexity index is 1470.